The van der Waals surface area contributed by atoms with Crippen LogP contribution in [0.1, 0.15) is 42.0 Å². The van der Waals surface area contributed by atoms with E-state index >= 15 is 0 Å². The van der Waals surface area contributed by atoms with Crippen LogP contribution in [-0.4, -0.2) is 50.8 Å². The third kappa shape index (κ3) is 5.54. The summed E-state index contributed by atoms with van der Waals surface area (Å²) >= 11 is 0. The molecule has 2 aliphatic heterocycles. The molecule has 0 bridgehead atoms. The van der Waals surface area contributed by atoms with Gasteiger partial charge in [-0.3, -0.25) is 4.90 Å². The monoisotopic (exact) mass is 505 g/mol. The first-order valence-electron chi connectivity index (χ1n) is 12.9. The normalized spacial score (nSPS) is 17.1. The Hall–Kier alpha value is -3.26. The predicted molar refractivity (Wildman–Crippen MR) is 141 cm³/mol. The van der Waals surface area contributed by atoms with Crippen LogP contribution in [-0.2, 0) is 17.9 Å². The van der Waals surface area contributed by atoms with E-state index in [1.54, 1.807) is 14.2 Å². The fourth-order valence-corrected chi connectivity index (χ4v) is 5.19. The van der Waals surface area contributed by atoms with Crippen LogP contribution in [0, 0.1) is 0 Å². The second-order valence-corrected chi connectivity index (χ2v) is 9.42. The summed E-state index contributed by atoms with van der Waals surface area (Å²) in [4.78, 5) is 2.48. The lowest BCUT2D eigenvalue weighted by Gasteiger charge is -2.34. The van der Waals surface area contributed by atoms with Crippen molar-refractivity contribution in [3.63, 3.8) is 0 Å². The molecule has 2 aliphatic rings. The Labute approximate surface area is 218 Å². The number of aliphatic hydroxyl groups excluding tert-OH is 1. The number of ether oxygens (including phenoxy) is 5. The van der Waals surface area contributed by atoms with E-state index in [4.69, 9.17) is 23.7 Å². The fraction of sp³-hybridized carbons (Fsp3) is 0.400. The molecule has 7 heteroatoms. The van der Waals surface area contributed by atoms with E-state index in [2.05, 4.69) is 41.3 Å². The molecule has 7 nitrogen and oxygen atoms in total. The average Bonchev–Trinajstić information content (AvgIpc) is 3.40. The van der Waals surface area contributed by atoms with Crippen LogP contribution in [0.3, 0.4) is 0 Å². The van der Waals surface area contributed by atoms with E-state index in [9.17, 15) is 5.11 Å². The van der Waals surface area contributed by atoms with Crippen molar-refractivity contribution in [1.29, 1.82) is 0 Å². The molecular weight excluding hydrogens is 470 g/mol. The molecule has 1 atom stereocenters. The summed E-state index contributed by atoms with van der Waals surface area (Å²) in [6.45, 7) is 3.02. The minimum Gasteiger partial charge on any atom is -0.493 e. The molecule has 0 saturated heterocycles. The number of methoxy groups -OCH3 is 2. The van der Waals surface area contributed by atoms with Crippen molar-refractivity contribution in [2.24, 2.45) is 0 Å². The van der Waals surface area contributed by atoms with Gasteiger partial charge in [0.1, 0.15) is 0 Å². The van der Waals surface area contributed by atoms with Gasteiger partial charge in [0.05, 0.1) is 33.5 Å². The number of fused-ring (bicyclic) bond motifs is 4. The Morgan fingerprint density at radius 1 is 0.865 bits per heavy atom. The molecular formula is C30H35NO6. The molecule has 196 valence electrons. The van der Waals surface area contributed by atoms with Gasteiger partial charge in [-0.2, -0.15) is 0 Å². The molecule has 2 heterocycles. The van der Waals surface area contributed by atoms with Crippen LogP contribution in [0.15, 0.2) is 54.6 Å². The number of hydrogen-bond acceptors (Lipinski definition) is 7. The summed E-state index contributed by atoms with van der Waals surface area (Å²) < 4.78 is 29.2. The topological polar surface area (TPSA) is 69.6 Å². The van der Waals surface area contributed by atoms with Crippen LogP contribution in [0.25, 0.3) is 11.1 Å². The van der Waals surface area contributed by atoms with Gasteiger partial charge in [0.25, 0.3) is 0 Å². The molecule has 3 aromatic rings. The molecule has 0 radical (unpaired) electrons. The molecule has 0 unspecified atom stereocenters. The number of nitrogens with zero attached hydrogens (tertiary/aromatic N) is 1. The van der Waals surface area contributed by atoms with Crippen LogP contribution in [0.4, 0.5) is 0 Å². The van der Waals surface area contributed by atoms with E-state index < -0.39 is 0 Å². The van der Waals surface area contributed by atoms with Gasteiger partial charge in [-0.1, -0.05) is 30.3 Å². The van der Waals surface area contributed by atoms with E-state index in [0.717, 1.165) is 59.6 Å². The molecule has 0 saturated carbocycles. The quantitative estimate of drug-likeness (QED) is 0.415. The second kappa shape index (κ2) is 11.9. The Kier molecular flexibility index (Phi) is 8.14. The Morgan fingerprint density at radius 2 is 1.59 bits per heavy atom. The zero-order valence-electron chi connectivity index (χ0n) is 21.6. The van der Waals surface area contributed by atoms with Gasteiger partial charge in [-0.05, 0) is 77.9 Å². The maximum atomic E-state index is 9.30. The third-order valence-corrected chi connectivity index (χ3v) is 7.13. The van der Waals surface area contributed by atoms with Crippen molar-refractivity contribution in [1.82, 2.24) is 4.90 Å². The Morgan fingerprint density at radius 3 is 2.35 bits per heavy atom. The van der Waals surface area contributed by atoms with Crippen molar-refractivity contribution in [3.05, 3.63) is 71.3 Å². The molecule has 0 aliphatic carbocycles. The molecule has 1 N–H and O–H groups in total. The number of benzene rings is 3. The first kappa shape index (κ1) is 25.4. The summed E-state index contributed by atoms with van der Waals surface area (Å²) in [5, 5.41) is 9.30. The highest BCUT2D eigenvalue weighted by atomic mass is 16.7. The summed E-state index contributed by atoms with van der Waals surface area (Å²) in [5.74, 6) is 2.86. The van der Waals surface area contributed by atoms with Crippen LogP contribution < -0.4 is 18.9 Å². The van der Waals surface area contributed by atoms with Crippen LogP contribution >= 0.6 is 0 Å². The van der Waals surface area contributed by atoms with E-state index in [1.165, 1.54) is 5.56 Å². The van der Waals surface area contributed by atoms with Crippen LogP contribution in [0.2, 0.25) is 0 Å². The van der Waals surface area contributed by atoms with Crippen molar-refractivity contribution in [3.8, 4) is 34.1 Å². The van der Waals surface area contributed by atoms with Gasteiger partial charge >= 0.3 is 0 Å². The summed E-state index contributed by atoms with van der Waals surface area (Å²) in [7, 11) is 3.33. The average molecular weight is 506 g/mol. The number of rotatable bonds is 8. The van der Waals surface area contributed by atoms with Crippen molar-refractivity contribution < 1.29 is 28.8 Å². The van der Waals surface area contributed by atoms with Crippen molar-refractivity contribution >= 4 is 0 Å². The van der Waals surface area contributed by atoms with Gasteiger partial charge in [-0.25, -0.2) is 0 Å². The van der Waals surface area contributed by atoms with Gasteiger partial charge in [0.15, 0.2) is 23.0 Å². The summed E-state index contributed by atoms with van der Waals surface area (Å²) in [5.41, 5.74) is 5.50. The maximum Gasteiger partial charge on any atom is 0.231 e. The predicted octanol–water partition coefficient (Wildman–Crippen LogP) is 5.34. The van der Waals surface area contributed by atoms with Crippen molar-refractivity contribution in [2.75, 3.05) is 40.8 Å². The lowest BCUT2D eigenvalue weighted by molar-refractivity contribution is 0.0442. The van der Waals surface area contributed by atoms with Crippen molar-refractivity contribution in [2.45, 2.75) is 38.5 Å². The Bertz CT molecular complexity index is 1200. The first-order chi connectivity index (χ1) is 18.2. The molecule has 0 fully saturated rings. The van der Waals surface area contributed by atoms with E-state index in [0.29, 0.717) is 31.3 Å². The smallest absolute Gasteiger partial charge is 0.231 e. The molecule has 0 spiro atoms. The number of unbranched alkanes of at least 4 members (excludes halogenated alkanes) is 2. The van der Waals surface area contributed by atoms with E-state index in [1.807, 2.05) is 18.2 Å². The SMILES string of the molecule is COc1cc2c(cc1OC)-c1cc3c(cc1COC[C@@H](c1ccccc1)N(CCCCCO)C2)OCO3. The Balaban J connectivity index is 1.62. The van der Waals surface area contributed by atoms with Gasteiger partial charge in [0, 0.05) is 13.2 Å². The molecule has 3 aromatic carbocycles. The van der Waals surface area contributed by atoms with Gasteiger partial charge in [0.2, 0.25) is 6.79 Å². The minimum absolute atomic E-state index is 0.0758. The number of hydrogen-bond donors (Lipinski definition) is 1. The summed E-state index contributed by atoms with van der Waals surface area (Å²) in [6.07, 6.45) is 2.77. The lowest BCUT2D eigenvalue weighted by Crippen LogP contribution is -2.33. The molecule has 0 aromatic heterocycles. The largest absolute Gasteiger partial charge is 0.493 e. The maximum absolute atomic E-state index is 9.30. The molecule has 0 amide bonds. The fourth-order valence-electron chi connectivity index (χ4n) is 5.19. The van der Waals surface area contributed by atoms with Crippen LogP contribution in [0.5, 0.6) is 23.0 Å². The van der Waals surface area contributed by atoms with Gasteiger partial charge < -0.3 is 28.8 Å². The zero-order chi connectivity index (χ0) is 25.6. The highest BCUT2D eigenvalue weighted by Crippen LogP contribution is 2.44. The lowest BCUT2D eigenvalue weighted by atomic mass is 9.92. The highest BCUT2D eigenvalue weighted by molar-refractivity contribution is 5.76. The first-order valence-corrected chi connectivity index (χ1v) is 12.9. The zero-order valence-corrected chi connectivity index (χ0v) is 21.6. The summed E-state index contributed by atoms with van der Waals surface area (Å²) in [6, 6.07) is 18.8. The van der Waals surface area contributed by atoms with Gasteiger partial charge in [-0.15, -0.1) is 0 Å². The standard InChI is InChI=1S/C30H35NO6/c1-33-27-13-22-17-31(11-7-4-8-12-32)26(21-9-5-3-6-10-21)19-35-18-23-14-29-30(37-20-36-29)16-25(23)24(22)15-28(27)34-2/h3,5-6,9-10,13-16,26,32H,4,7-8,11-12,17-20H2,1-2H3/t26-/m0/s1. The molecule has 37 heavy (non-hydrogen) atoms. The highest BCUT2D eigenvalue weighted by Gasteiger charge is 2.27. The number of aliphatic hydroxyl groups is 1. The minimum atomic E-state index is 0.0758. The third-order valence-electron chi connectivity index (χ3n) is 7.13. The molecule has 5 rings (SSSR count). The second-order valence-electron chi connectivity index (χ2n) is 9.42. The van der Waals surface area contributed by atoms with E-state index in [-0.39, 0.29) is 19.4 Å².